The van der Waals surface area contributed by atoms with Crippen LogP contribution in [0.25, 0.3) is 11.0 Å². The highest BCUT2D eigenvalue weighted by molar-refractivity contribution is 5.84. The number of hydrogen-bond acceptors (Lipinski definition) is 5. The van der Waals surface area contributed by atoms with Gasteiger partial charge in [0.15, 0.2) is 0 Å². The molecular weight excluding hydrogens is 330 g/mol. The molecule has 138 valence electrons. The molecule has 2 aromatic heterocycles. The molecule has 3 rings (SSSR count). The van der Waals surface area contributed by atoms with E-state index in [4.69, 9.17) is 9.40 Å². The lowest BCUT2D eigenvalue weighted by molar-refractivity contribution is -0.133. The van der Waals surface area contributed by atoms with Crippen LogP contribution in [-0.2, 0) is 17.8 Å². The van der Waals surface area contributed by atoms with Crippen molar-refractivity contribution in [2.75, 3.05) is 7.05 Å². The van der Waals surface area contributed by atoms with E-state index < -0.39 is 0 Å². The molecule has 0 unspecified atom stereocenters. The average Bonchev–Trinajstić information content (AvgIpc) is 3.15. The molecule has 0 aliphatic carbocycles. The van der Waals surface area contributed by atoms with Crippen LogP contribution >= 0.6 is 0 Å². The molecule has 0 saturated heterocycles. The van der Waals surface area contributed by atoms with Crippen molar-refractivity contribution in [1.29, 1.82) is 0 Å². The molecule has 0 bridgehead atoms. The van der Waals surface area contributed by atoms with Gasteiger partial charge in [0, 0.05) is 20.4 Å². The topological polar surface area (TPSA) is 77.1 Å². The van der Waals surface area contributed by atoms with Gasteiger partial charge in [-0.2, -0.15) is 0 Å². The molecule has 1 aromatic carbocycles. The number of nitrogens with zero attached hydrogens (tertiary/aromatic N) is 5. The van der Waals surface area contributed by atoms with Gasteiger partial charge in [0.25, 0.3) is 0 Å². The number of benzene rings is 1. The minimum Gasteiger partial charge on any atom is -0.424 e. The third-order valence-electron chi connectivity index (χ3n) is 4.32. The Morgan fingerprint density at radius 2 is 1.96 bits per heavy atom. The van der Waals surface area contributed by atoms with E-state index in [1.54, 1.807) is 18.9 Å². The highest BCUT2D eigenvalue weighted by atomic mass is 16.4. The molecule has 2 heterocycles. The fourth-order valence-electron chi connectivity index (χ4n) is 3.15. The zero-order chi connectivity index (χ0) is 18.8. The third kappa shape index (κ3) is 3.61. The van der Waals surface area contributed by atoms with E-state index in [0.717, 1.165) is 23.3 Å². The molecule has 0 aliphatic heterocycles. The molecule has 7 nitrogen and oxygen atoms in total. The number of carbonyl (C=O) groups is 1. The Hall–Kier alpha value is -2.70. The molecule has 26 heavy (non-hydrogen) atoms. The van der Waals surface area contributed by atoms with E-state index in [1.807, 2.05) is 35.8 Å². The molecule has 7 heteroatoms. The van der Waals surface area contributed by atoms with Gasteiger partial charge in [0.05, 0.1) is 17.6 Å². The van der Waals surface area contributed by atoms with Crippen LogP contribution in [0.2, 0.25) is 0 Å². The fraction of sp³-hybridized carbons (Fsp3) is 0.474. The molecule has 3 aromatic rings. The quantitative estimate of drug-likeness (QED) is 0.679. The van der Waals surface area contributed by atoms with E-state index >= 15 is 0 Å². The van der Waals surface area contributed by atoms with Crippen LogP contribution in [0.1, 0.15) is 44.4 Å². The van der Waals surface area contributed by atoms with Crippen LogP contribution in [0.4, 0.5) is 0 Å². The number of amides is 1. The van der Waals surface area contributed by atoms with Gasteiger partial charge in [0.1, 0.15) is 11.9 Å². The monoisotopic (exact) mass is 355 g/mol. The van der Waals surface area contributed by atoms with Gasteiger partial charge in [0.2, 0.25) is 17.7 Å². The van der Waals surface area contributed by atoms with Crippen molar-refractivity contribution in [2.24, 2.45) is 5.92 Å². The number of para-hydroxylation sites is 2. The summed E-state index contributed by atoms with van der Waals surface area (Å²) in [5.74, 6) is 2.29. The van der Waals surface area contributed by atoms with Crippen molar-refractivity contribution in [3.63, 3.8) is 0 Å². The second-order valence-corrected chi connectivity index (χ2v) is 7.07. The van der Waals surface area contributed by atoms with Crippen LogP contribution in [0, 0.1) is 12.8 Å². The van der Waals surface area contributed by atoms with E-state index in [9.17, 15) is 4.79 Å². The molecule has 0 radical (unpaired) electrons. The predicted octanol–water partition coefficient (Wildman–Crippen LogP) is 3.15. The number of aryl methyl sites for hydroxylation is 1. The summed E-state index contributed by atoms with van der Waals surface area (Å²) in [4.78, 5) is 19.4. The Balaban J connectivity index is 1.90. The van der Waals surface area contributed by atoms with E-state index in [0.29, 0.717) is 17.7 Å². The molecule has 0 spiro atoms. The Kier molecular flexibility index (Phi) is 5.06. The Labute approximate surface area is 153 Å². The first-order valence-corrected chi connectivity index (χ1v) is 8.86. The average molecular weight is 355 g/mol. The Morgan fingerprint density at radius 3 is 2.62 bits per heavy atom. The van der Waals surface area contributed by atoms with E-state index in [-0.39, 0.29) is 18.5 Å². The standard InChI is InChI=1S/C19H25N5O2/c1-12(2)10-17-20-15-8-6-7-9-16(15)24(17)13(3)19(25)23(5)11-18-22-21-14(4)26-18/h6-9,12-13H,10-11H2,1-5H3/t13-/m1/s1. The number of likely N-dealkylation sites (N-methyl/N-ethyl adjacent to an activating group) is 1. The van der Waals surface area contributed by atoms with Crippen molar-refractivity contribution < 1.29 is 9.21 Å². The summed E-state index contributed by atoms with van der Waals surface area (Å²) in [6, 6.07) is 7.57. The lowest BCUT2D eigenvalue weighted by atomic mass is 10.1. The maximum Gasteiger partial charge on any atom is 0.245 e. The van der Waals surface area contributed by atoms with Gasteiger partial charge < -0.3 is 13.9 Å². The van der Waals surface area contributed by atoms with Crippen molar-refractivity contribution in [3.05, 3.63) is 41.9 Å². The number of aromatic nitrogens is 4. The van der Waals surface area contributed by atoms with Crippen LogP contribution < -0.4 is 0 Å². The van der Waals surface area contributed by atoms with Crippen molar-refractivity contribution in [3.8, 4) is 0 Å². The summed E-state index contributed by atoms with van der Waals surface area (Å²) < 4.78 is 7.43. The Morgan fingerprint density at radius 1 is 1.23 bits per heavy atom. The highest BCUT2D eigenvalue weighted by Crippen LogP contribution is 2.24. The van der Waals surface area contributed by atoms with Gasteiger partial charge in [-0.3, -0.25) is 4.79 Å². The van der Waals surface area contributed by atoms with Crippen molar-refractivity contribution in [2.45, 2.75) is 46.7 Å². The second kappa shape index (κ2) is 7.27. The summed E-state index contributed by atoms with van der Waals surface area (Å²) in [5, 5.41) is 7.78. The molecule has 0 saturated carbocycles. The van der Waals surface area contributed by atoms with Crippen LogP contribution in [0.3, 0.4) is 0 Å². The first-order valence-electron chi connectivity index (χ1n) is 8.86. The molecule has 0 aliphatic rings. The third-order valence-corrected chi connectivity index (χ3v) is 4.32. The van der Waals surface area contributed by atoms with Gasteiger partial charge >= 0.3 is 0 Å². The summed E-state index contributed by atoms with van der Waals surface area (Å²) in [6.07, 6.45) is 0.818. The fourth-order valence-corrected chi connectivity index (χ4v) is 3.15. The number of fused-ring (bicyclic) bond motifs is 1. The number of imidazole rings is 1. The second-order valence-electron chi connectivity index (χ2n) is 7.07. The normalized spacial score (nSPS) is 12.7. The number of rotatable bonds is 6. The highest BCUT2D eigenvalue weighted by Gasteiger charge is 2.25. The maximum absolute atomic E-state index is 13.0. The summed E-state index contributed by atoms with van der Waals surface area (Å²) in [7, 11) is 1.75. The lowest BCUT2D eigenvalue weighted by Gasteiger charge is -2.23. The van der Waals surface area contributed by atoms with Crippen LogP contribution in [0.5, 0.6) is 0 Å². The molecular formula is C19H25N5O2. The van der Waals surface area contributed by atoms with Gasteiger partial charge in [-0.25, -0.2) is 4.98 Å². The van der Waals surface area contributed by atoms with Gasteiger partial charge in [-0.05, 0) is 25.0 Å². The van der Waals surface area contributed by atoms with E-state index in [1.165, 1.54) is 0 Å². The van der Waals surface area contributed by atoms with Crippen LogP contribution in [0.15, 0.2) is 28.7 Å². The number of hydrogen-bond donors (Lipinski definition) is 0. The maximum atomic E-state index is 13.0. The largest absolute Gasteiger partial charge is 0.424 e. The lowest BCUT2D eigenvalue weighted by Crippen LogP contribution is -2.33. The first kappa shape index (κ1) is 18.1. The summed E-state index contributed by atoms with van der Waals surface area (Å²) >= 11 is 0. The van der Waals surface area contributed by atoms with Gasteiger partial charge in [-0.15, -0.1) is 10.2 Å². The number of carbonyl (C=O) groups excluding carboxylic acids is 1. The summed E-state index contributed by atoms with van der Waals surface area (Å²) in [6.45, 7) is 8.24. The zero-order valence-electron chi connectivity index (χ0n) is 15.9. The van der Waals surface area contributed by atoms with Crippen molar-refractivity contribution >= 4 is 16.9 Å². The van der Waals surface area contributed by atoms with E-state index in [2.05, 4.69) is 24.0 Å². The van der Waals surface area contributed by atoms with Crippen LogP contribution in [-0.4, -0.2) is 37.6 Å². The predicted molar refractivity (Wildman–Crippen MR) is 98.5 cm³/mol. The SMILES string of the molecule is Cc1nnc(CN(C)C(=O)[C@@H](C)n2c(CC(C)C)nc3ccccc32)o1. The minimum absolute atomic E-state index is 0.0194. The molecule has 1 amide bonds. The minimum atomic E-state index is -0.370. The summed E-state index contributed by atoms with van der Waals surface area (Å²) in [5.41, 5.74) is 1.89. The molecule has 0 N–H and O–H groups in total. The smallest absolute Gasteiger partial charge is 0.245 e. The zero-order valence-corrected chi connectivity index (χ0v) is 15.9. The van der Waals surface area contributed by atoms with Gasteiger partial charge in [-0.1, -0.05) is 26.0 Å². The molecule has 0 fully saturated rings. The Bertz CT molecular complexity index is 912. The first-order chi connectivity index (χ1) is 12.4. The van der Waals surface area contributed by atoms with Crippen molar-refractivity contribution in [1.82, 2.24) is 24.6 Å². The molecule has 1 atom stereocenters.